The van der Waals surface area contributed by atoms with E-state index in [0.29, 0.717) is 0 Å². The van der Waals surface area contributed by atoms with Gasteiger partial charge in [-0.05, 0) is 29.8 Å². The first-order valence-corrected chi connectivity index (χ1v) is 7.27. The summed E-state index contributed by atoms with van der Waals surface area (Å²) in [6, 6.07) is 18.8. The van der Waals surface area contributed by atoms with E-state index in [4.69, 9.17) is 0 Å². The minimum atomic E-state index is 0.908. The molecule has 0 amide bonds. The first kappa shape index (κ1) is 13.6. The Balaban J connectivity index is 1.80. The molecule has 2 aromatic carbocycles. The Bertz CT molecular complexity index is 684. The molecule has 1 N–H and O–H groups in total. The van der Waals surface area contributed by atoms with E-state index in [2.05, 4.69) is 59.9 Å². The zero-order chi connectivity index (χ0) is 14.5. The van der Waals surface area contributed by atoms with E-state index in [9.17, 15) is 0 Å². The highest BCUT2D eigenvalue weighted by Crippen LogP contribution is 2.19. The van der Waals surface area contributed by atoms with Gasteiger partial charge in [-0.25, -0.2) is 4.68 Å². The van der Waals surface area contributed by atoms with Crippen molar-refractivity contribution in [1.29, 1.82) is 0 Å². The molecule has 21 heavy (non-hydrogen) atoms. The molecule has 0 bridgehead atoms. The lowest BCUT2D eigenvalue weighted by Gasteiger charge is -2.04. The second kappa shape index (κ2) is 6.37. The third kappa shape index (κ3) is 3.20. The van der Waals surface area contributed by atoms with E-state index in [-0.39, 0.29) is 0 Å². The molecule has 1 aromatic heterocycles. The first-order valence-electron chi connectivity index (χ1n) is 7.27. The van der Waals surface area contributed by atoms with Gasteiger partial charge in [-0.15, -0.1) is 0 Å². The van der Waals surface area contributed by atoms with Gasteiger partial charge in [-0.1, -0.05) is 49.4 Å². The lowest BCUT2D eigenvalue weighted by molar-refractivity contribution is 0.726. The first-order chi connectivity index (χ1) is 10.4. The van der Waals surface area contributed by atoms with Crippen molar-refractivity contribution in [3.05, 3.63) is 72.6 Å². The van der Waals surface area contributed by atoms with Crippen molar-refractivity contribution >= 4 is 0 Å². The molecule has 106 valence electrons. The van der Waals surface area contributed by atoms with E-state index in [0.717, 1.165) is 24.3 Å². The molecule has 0 spiro atoms. The highest BCUT2D eigenvalue weighted by atomic mass is 15.3. The van der Waals surface area contributed by atoms with Crippen LogP contribution in [-0.2, 0) is 6.54 Å². The SMILES string of the molecule is CCNCc1ccc(-n2cc(-c3ccccc3)cn2)cc1. The van der Waals surface area contributed by atoms with Crippen LogP contribution < -0.4 is 5.32 Å². The van der Waals surface area contributed by atoms with Crippen molar-refractivity contribution in [3.8, 4) is 16.8 Å². The zero-order valence-electron chi connectivity index (χ0n) is 12.2. The largest absolute Gasteiger partial charge is 0.313 e. The van der Waals surface area contributed by atoms with Crippen LogP contribution in [0.1, 0.15) is 12.5 Å². The maximum Gasteiger partial charge on any atom is 0.0646 e. The molecule has 0 saturated heterocycles. The maximum absolute atomic E-state index is 4.46. The van der Waals surface area contributed by atoms with Crippen LogP contribution in [0.4, 0.5) is 0 Å². The number of hydrogen-bond acceptors (Lipinski definition) is 2. The van der Waals surface area contributed by atoms with Gasteiger partial charge < -0.3 is 5.32 Å². The second-order valence-electron chi connectivity index (χ2n) is 4.99. The Morgan fingerprint density at radius 1 is 0.952 bits per heavy atom. The van der Waals surface area contributed by atoms with Gasteiger partial charge in [0.25, 0.3) is 0 Å². The van der Waals surface area contributed by atoms with Crippen molar-refractivity contribution in [2.24, 2.45) is 0 Å². The summed E-state index contributed by atoms with van der Waals surface area (Å²) < 4.78 is 1.92. The van der Waals surface area contributed by atoms with Crippen LogP contribution in [0.2, 0.25) is 0 Å². The predicted octanol–water partition coefficient (Wildman–Crippen LogP) is 3.65. The molecule has 0 saturated carbocycles. The normalized spacial score (nSPS) is 10.7. The molecule has 3 rings (SSSR count). The Hall–Kier alpha value is -2.39. The number of hydrogen-bond donors (Lipinski definition) is 1. The molecular formula is C18H19N3. The lowest BCUT2D eigenvalue weighted by atomic mass is 10.1. The second-order valence-corrected chi connectivity index (χ2v) is 4.99. The van der Waals surface area contributed by atoms with Gasteiger partial charge in [-0.2, -0.15) is 5.10 Å². The molecular weight excluding hydrogens is 258 g/mol. The van der Waals surface area contributed by atoms with Crippen LogP contribution in [0.15, 0.2) is 67.0 Å². The van der Waals surface area contributed by atoms with Gasteiger partial charge in [0.15, 0.2) is 0 Å². The number of aromatic nitrogens is 2. The van der Waals surface area contributed by atoms with Crippen LogP contribution in [0.5, 0.6) is 0 Å². The summed E-state index contributed by atoms with van der Waals surface area (Å²) >= 11 is 0. The number of nitrogens with one attached hydrogen (secondary N) is 1. The van der Waals surface area contributed by atoms with Crippen molar-refractivity contribution in [3.63, 3.8) is 0 Å². The summed E-state index contributed by atoms with van der Waals surface area (Å²) in [5.41, 5.74) is 4.69. The molecule has 0 aliphatic rings. The van der Waals surface area contributed by atoms with Gasteiger partial charge >= 0.3 is 0 Å². The Kier molecular flexibility index (Phi) is 4.12. The van der Waals surface area contributed by atoms with E-state index < -0.39 is 0 Å². The highest BCUT2D eigenvalue weighted by molar-refractivity contribution is 5.62. The summed E-state index contributed by atoms with van der Waals surface area (Å²) in [7, 11) is 0. The van der Waals surface area contributed by atoms with E-state index in [1.165, 1.54) is 11.1 Å². The molecule has 0 aliphatic carbocycles. The smallest absolute Gasteiger partial charge is 0.0646 e. The summed E-state index contributed by atoms with van der Waals surface area (Å²) in [6.45, 7) is 4.01. The van der Waals surface area contributed by atoms with Crippen molar-refractivity contribution in [1.82, 2.24) is 15.1 Å². The molecule has 3 aromatic rings. The summed E-state index contributed by atoms with van der Waals surface area (Å²) in [4.78, 5) is 0. The fourth-order valence-electron chi connectivity index (χ4n) is 2.28. The quantitative estimate of drug-likeness (QED) is 0.771. The topological polar surface area (TPSA) is 29.9 Å². The standard InChI is InChI=1S/C18H19N3/c1-2-19-12-15-8-10-18(11-9-15)21-14-17(13-20-21)16-6-4-3-5-7-16/h3-11,13-14,19H,2,12H2,1H3. The minimum absolute atomic E-state index is 0.908. The molecule has 0 radical (unpaired) electrons. The molecule has 0 aliphatic heterocycles. The molecule has 3 heteroatoms. The summed E-state index contributed by atoms with van der Waals surface area (Å²) in [5, 5.41) is 7.78. The van der Waals surface area contributed by atoms with Crippen LogP contribution in [-0.4, -0.2) is 16.3 Å². The number of benzene rings is 2. The van der Waals surface area contributed by atoms with Crippen LogP contribution in [0, 0.1) is 0 Å². The maximum atomic E-state index is 4.46. The Labute approximate surface area is 125 Å². The Morgan fingerprint density at radius 2 is 1.71 bits per heavy atom. The minimum Gasteiger partial charge on any atom is -0.313 e. The fraction of sp³-hybridized carbons (Fsp3) is 0.167. The average Bonchev–Trinajstić information content (AvgIpc) is 3.04. The summed E-state index contributed by atoms with van der Waals surface area (Å²) in [6.07, 6.45) is 3.97. The van der Waals surface area contributed by atoms with Crippen LogP contribution in [0.3, 0.4) is 0 Å². The van der Waals surface area contributed by atoms with Crippen LogP contribution in [0.25, 0.3) is 16.8 Å². The molecule has 3 nitrogen and oxygen atoms in total. The molecule has 0 atom stereocenters. The van der Waals surface area contributed by atoms with E-state index >= 15 is 0 Å². The van der Waals surface area contributed by atoms with Crippen molar-refractivity contribution in [2.75, 3.05) is 6.54 Å². The zero-order valence-corrected chi connectivity index (χ0v) is 12.2. The molecule has 0 unspecified atom stereocenters. The van der Waals surface area contributed by atoms with Crippen LogP contribution >= 0.6 is 0 Å². The van der Waals surface area contributed by atoms with Crippen molar-refractivity contribution in [2.45, 2.75) is 13.5 Å². The summed E-state index contributed by atoms with van der Waals surface area (Å²) in [5.74, 6) is 0. The Morgan fingerprint density at radius 3 is 2.43 bits per heavy atom. The monoisotopic (exact) mass is 277 g/mol. The van der Waals surface area contributed by atoms with Gasteiger partial charge in [0.05, 0.1) is 11.9 Å². The number of rotatable bonds is 5. The van der Waals surface area contributed by atoms with E-state index in [1.807, 2.05) is 29.1 Å². The highest BCUT2D eigenvalue weighted by Gasteiger charge is 2.03. The van der Waals surface area contributed by atoms with Gasteiger partial charge in [-0.3, -0.25) is 0 Å². The van der Waals surface area contributed by atoms with Gasteiger partial charge in [0, 0.05) is 18.3 Å². The lowest BCUT2D eigenvalue weighted by Crippen LogP contribution is -2.11. The third-order valence-electron chi connectivity index (χ3n) is 3.47. The predicted molar refractivity (Wildman–Crippen MR) is 86.4 cm³/mol. The average molecular weight is 277 g/mol. The number of nitrogens with zero attached hydrogens (tertiary/aromatic N) is 2. The van der Waals surface area contributed by atoms with Crippen molar-refractivity contribution < 1.29 is 0 Å². The van der Waals surface area contributed by atoms with Gasteiger partial charge in [0.1, 0.15) is 0 Å². The van der Waals surface area contributed by atoms with Gasteiger partial charge in [0.2, 0.25) is 0 Å². The third-order valence-corrected chi connectivity index (χ3v) is 3.47. The fourth-order valence-corrected chi connectivity index (χ4v) is 2.28. The van der Waals surface area contributed by atoms with E-state index in [1.54, 1.807) is 0 Å². The molecule has 0 fully saturated rings. The molecule has 1 heterocycles.